The van der Waals surface area contributed by atoms with Crippen LogP contribution in [0, 0.1) is 0 Å². The number of piperazine rings is 1. The molecule has 0 radical (unpaired) electrons. The molecule has 2 heterocycles. The van der Waals surface area contributed by atoms with Gasteiger partial charge in [-0.3, -0.25) is 19.4 Å². The Hall–Kier alpha value is -2.61. The molecule has 7 heteroatoms. The van der Waals surface area contributed by atoms with Gasteiger partial charge in [0.05, 0.1) is 29.3 Å². The van der Waals surface area contributed by atoms with E-state index in [-0.39, 0.29) is 11.7 Å². The molecule has 0 bridgehead atoms. The smallest absolute Gasteiger partial charge is 0.234 e. The summed E-state index contributed by atoms with van der Waals surface area (Å²) in [4.78, 5) is 33.8. The number of Topliss-reactive ketones (excluding diaryl/α,β-unsaturated/α-hetero) is 1. The van der Waals surface area contributed by atoms with Gasteiger partial charge in [0.25, 0.3) is 0 Å². The van der Waals surface area contributed by atoms with Crippen molar-refractivity contribution in [2.45, 2.75) is 25.9 Å². The van der Waals surface area contributed by atoms with E-state index in [4.69, 9.17) is 4.98 Å². The third-order valence-corrected chi connectivity index (χ3v) is 6.66. The Labute approximate surface area is 186 Å². The van der Waals surface area contributed by atoms with Crippen molar-refractivity contribution in [3.05, 3.63) is 65.2 Å². The third-order valence-electron chi connectivity index (χ3n) is 5.64. The van der Waals surface area contributed by atoms with E-state index < -0.39 is 6.04 Å². The van der Waals surface area contributed by atoms with Crippen LogP contribution >= 0.6 is 11.3 Å². The molecule has 2 aromatic carbocycles. The molecule has 1 saturated heterocycles. The number of hydrogen-bond donors (Lipinski definition) is 1. The highest BCUT2D eigenvalue weighted by atomic mass is 32.1. The predicted octanol–water partition coefficient (Wildman–Crippen LogP) is 2.73. The van der Waals surface area contributed by atoms with Crippen LogP contribution in [-0.2, 0) is 22.6 Å². The van der Waals surface area contributed by atoms with Crippen molar-refractivity contribution >= 4 is 33.2 Å². The van der Waals surface area contributed by atoms with E-state index in [2.05, 4.69) is 27.2 Å². The summed E-state index contributed by atoms with van der Waals surface area (Å²) in [6, 6.07) is 17.6. The number of amides is 1. The summed E-state index contributed by atoms with van der Waals surface area (Å²) in [7, 11) is 0. The SMILES string of the molecule is CC(=O)[C@@H](Cc1ccccc1)NC(=O)CN1CCN(Cc2nc3ccccc3s2)CC1. The molecule has 1 aliphatic heterocycles. The Kier molecular flexibility index (Phi) is 7.06. The average Bonchev–Trinajstić information content (AvgIpc) is 3.17. The molecular formula is C24H28N4O2S. The number of benzene rings is 2. The van der Waals surface area contributed by atoms with E-state index in [1.165, 1.54) is 11.6 Å². The van der Waals surface area contributed by atoms with Gasteiger partial charge < -0.3 is 5.32 Å². The van der Waals surface area contributed by atoms with Gasteiger partial charge in [0.1, 0.15) is 5.01 Å². The number of aromatic nitrogens is 1. The zero-order valence-corrected chi connectivity index (χ0v) is 18.6. The second kappa shape index (κ2) is 10.1. The van der Waals surface area contributed by atoms with Crippen molar-refractivity contribution in [1.82, 2.24) is 20.1 Å². The molecule has 1 aliphatic rings. The van der Waals surface area contributed by atoms with Crippen LogP contribution in [0.2, 0.25) is 0 Å². The lowest BCUT2D eigenvalue weighted by atomic mass is 10.0. The van der Waals surface area contributed by atoms with Crippen molar-refractivity contribution in [2.24, 2.45) is 0 Å². The van der Waals surface area contributed by atoms with E-state index in [1.807, 2.05) is 42.5 Å². The topological polar surface area (TPSA) is 65.5 Å². The molecule has 162 valence electrons. The van der Waals surface area contributed by atoms with E-state index in [0.717, 1.165) is 48.8 Å². The number of nitrogens with one attached hydrogen (secondary N) is 1. The summed E-state index contributed by atoms with van der Waals surface area (Å²) in [6.45, 7) is 6.20. The third kappa shape index (κ3) is 5.97. The van der Waals surface area contributed by atoms with Crippen LogP contribution in [0.5, 0.6) is 0 Å². The zero-order valence-electron chi connectivity index (χ0n) is 17.8. The summed E-state index contributed by atoms with van der Waals surface area (Å²) >= 11 is 1.75. The minimum Gasteiger partial charge on any atom is -0.345 e. The Morgan fingerprint density at radius 2 is 1.68 bits per heavy atom. The number of para-hydroxylation sites is 1. The Morgan fingerprint density at radius 1 is 1.00 bits per heavy atom. The molecule has 3 aromatic rings. The van der Waals surface area contributed by atoms with Crippen LogP contribution in [0.4, 0.5) is 0 Å². The molecule has 1 fully saturated rings. The fourth-order valence-corrected chi connectivity index (χ4v) is 4.88. The molecule has 0 spiro atoms. The largest absolute Gasteiger partial charge is 0.345 e. The molecule has 1 atom stereocenters. The Balaban J connectivity index is 1.24. The first-order chi connectivity index (χ1) is 15.1. The molecule has 31 heavy (non-hydrogen) atoms. The first kappa shape index (κ1) is 21.6. The van der Waals surface area contributed by atoms with Crippen molar-refractivity contribution in [2.75, 3.05) is 32.7 Å². The number of nitrogens with zero attached hydrogens (tertiary/aromatic N) is 3. The average molecular weight is 437 g/mol. The van der Waals surface area contributed by atoms with E-state index in [9.17, 15) is 9.59 Å². The number of ketones is 1. The molecular weight excluding hydrogens is 408 g/mol. The molecule has 1 aromatic heterocycles. The van der Waals surface area contributed by atoms with Crippen LogP contribution in [-0.4, -0.2) is 65.2 Å². The highest BCUT2D eigenvalue weighted by Crippen LogP contribution is 2.23. The molecule has 0 aliphatic carbocycles. The number of fused-ring (bicyclic) bond motifs is 1. The van der Waals surface area contributed by atoms with Gasteiger partial charge in [0.2, 0.25) is 5.91 Å². The number of thiazole rings is 1. The van der Waals surface area contributed by atoms with Crippen molar-refractivity contribution in [3.8, 4) is 0 Å². The van der Waals surface area contributed by atoms with Gasteiger partial charge in [0, 0.05) is 26.2 Å². The monoisotopic (exact) mass is 436 g/mol. The molecule has 4 rings (SSSR count). The maximum Gasteiger partial charge on any atom is 0.234 e. The summed E-state index contributed by atoms with van der Waals surface area (Å²) in [5, 5.41) is 4.06. The summed E-state index contributed by atoms with van der Waals surface area (Å²) < 4.78 is 1.23. The predicted molar refractivity (Wildman–Crippen MR) is 124 cm³/mol. The lowest BCUT2D eigenvalue weighted by Crippen LogP contribution is -2.51. The summed E-state index contributed by atoms with van der Waals surface area (Å²) in [5.41, 5.74) is 2.11. The van der Waals surface area contributed by atoms with Crippen LogP contribution in [0.15, 0.2) is 54.6 Å². The van der Waals surface area contributed by atoms with Gasteiger partial charge >= 0.3 is 0 Å². The highest BCUT2D eigenvalue weighted by molar-refractivity contribution is 7.18. The van der Waals surface area contributed by atoms with Gasteiger partial charge in [0.15, 0.2) is 5.78 Å². The number of carbonyl (C=O) groups excluding carboxylic acids is 2. The zero-order chi connectivity index (χ0) is 21.6. The first-order valence-corrected chi connectivity index (χ1v) is 11.5. The minimum atomic E-state index is -0.477. The van der Waals surface area contributed by atoms with Crippen molar-refractivity contribution in [1.29, 1.82) is 0 Å². The van der Waals surface area contributed by atoms with Crippen LogP contribution < -0.4 is 5.32 Å². The Bertz CT molecular complexity index is 995. The van der Waals surface area contributed by atoms with Gasteiger partial charge in [-0.1, -0.05) is 42.5 Å². The van der Waals surface area contributed by atoms with Gasteiger partial charge in [-0.05, 0) is 31.0 Å². The van der Waals surface area contributed by atoms with Crippen LogP contribution in [0.3, 0.4) is 0 Å². The lowest BCUT2D eigenvalue weighted by molar-refractivity contribution is -0.127. The molecule has 0 saturated carbocycles. The molecule has 1 N–H and O–H groups in total. The minimum absolute atomic E-state index is 0.0159. The van der Waals surface area contributed by atoms with Crippen LogP contribution in [0.25, 0.3) is 10.2 Å². The summed E-state index contributed by atoms with van der Waals surface area (Å²) in [6.07, 6.45) is 0.526. The quantitative estimate of drug-likeness (QED) is 0.588. The number of hydrogen-bond acceptors (Lipinski definition) is 6. The van der Waals surface area contributed by atoms with Crippen molar-refractivity contribution in [3.63, 3.8) is 0 Å². The van der Waals surface area contributed by atoms with Crippen LogP contribution in [0.1, 0.15) is 17.5 Å². The highest BCUT2D eigenvalue weighted by Gasteiger charge is 2.22. The summed E-state index contributed by atoms with van der Waals surface area (Å²) in [5.74, 6) is -0.103. The van der Waals surface area contributed by atoms with Gasteiger partial charge in [-0.15, -0.1) is 11.3 Å². The maximum atomic E-state index is 12.6. The first-order valence-electron chi connectivity index (χ1n) is 10.7. The Morgan fingerprint density at radius 3 is 2.39 bits per heavy atom. The maximum absolute atomic E-state index is 12.6. The lowest BCUT2D eigenvalue weighted by Gasteiger charge is -2.34. The van der Waals surface area contributed by atoms with Gasteiger partial charge in [-0.25, -0.2) is 4.98 Å². The van der Waals surface area contributed by atoms with E-state index >= 15 is 0 Å². The number of carbonyl (C=O) groups is 2. The molecule has 0 unspecified atom stereocenters. The second-order valence-corrected chi connectivity index (χ2v) is 9.16. The van der Waals surface area contributed by atoms with Crippen molar-refractivity contribution < 1.29 is 9.59 Å². The fraction of sp³-hybridized carbons (Fsp3) is 0.375. The standard InChI is InChI=1S/C24H28N4O2S/c1-18(29)21(15-19-7-3-2-4-8-19)25-23(30)16-27-11-13-28(14-12-27)17-24-26-20-9-5-6-10-22(20)31-24/h2-10,21H,11-17H2,1H3,(H,25,30)/t21-/m1/s1. The molecule has 1 amide bonds. The normalized spacial score (nSPS) is 16.3. The fourth-order valence-electron chi connectivity index (χ4n) is 3.87. The second-order valence-electron chi connectivity index (χ2n) is 8.05. The number of rotatable bonds is 8. The van der Waals surface area contributed by atoms with Gasteiger partial charge in [-0.2, -0.15) is 0 Å². The van der Waals surface area contributed by atoms with E-state index in [1.54, 1.807) is 11.3 Å². The molecule has 6 nitrogen and oxygen atoms in total. The van der Waals surface area contributed by atoms with E-state index in [0.29, 0.717) is 13.0 Å².